The van der Waals surface area contributed by atoms with Crippen LogP contribution in [0.25, 0.3) is 10.9 Å². The minimum atomic E-state index is -1.84. The predicted octanol–water partition coefficient (Wildman–Crippen LogP) is 0.459. The zero-order valence-corrected chi connectivity index (χ0v) is 13.4. The van der Waals surface area contributed by atoms with Gasteiger partial charge >= 0.3 is 0 Å². The molecule has 0 aliphatic carbocycles. The summed E-state index contributed by atoms with van der Waals surface area (Å²) in [5, 5.41) is 20.0. The molecule has 3 rings (SSSR count). The van der Waals surface area contributed by atoms with Gasteiger partial charge in [-0.05, 0) is 6.07 Å². The number of aromatic nitrogens is 2. The SMILES string of the molecule is Oc1cc2ncnc(N3CCN(CCP(O)O)CC3)c2cc1O. The first-order chi connectivity index (χ1) is 11.0. The molecule has 1 aromatic carbocycles. The highest BCUT2D eigenvalue weighted by atomic mass is 31.2. The van der Waals surface area contributed by atoms with E-state index in [1.165, 1.54) is 18.5 Å². The Bertz CT molecular complexity index is 692. The first-order valence-corrected chi connectivity index (χ1v) is 8.77. The van der Waals surface area contributed by atoms with Gasteiger partial charge in [0, 0.05) is 50.3 Å². The molecule has 2 heterocycles. The Kier molecular flexibility index (Phi) is 4.77. The van der Waals surface area contributed by atoms with E-state index in [1.807, 2.05) is 0 Å². The molecule has 23 heavy (non-hydrogen) atoms. The molecule has 1 saturated heterocycles. The molecule has 1 aliphatic rings. The minimum Gasteiger partial charge on any atom is -0.504 e. The van der Waals surface area contributed by atoms with E-state index in [2.05, 4.69) is 19.8 Å². The van der Waals surface area contributed by atoms with Gasteiger partial charge in [0.25, 0.3) is 0 Å². The quantitative estimate of drug-likeness (QED) is 0.470. The lowest BCUT2D eigenvalue weighted by Gasteiger charge is -2.35. The van der Waals surface area contributed by atoms with E-state index >= 15 is 0 Å². The van der Waals surface area contributed by atoms with Crippen LogP contribution in [-0.2, 0) is 0 Å². The Morgan fingerprint density at radius 1 is 1.00 bits per heavy atom. The minimum absolute atomic E-state index is 0.188. The van der Waals surface area contributed by atoms with Crippen molar-refractivity contribution in [1.29, 1.82) is 0 Å². The van der Waals surface area contributed by atoms with Gasteiger partial charge in [-0.2, -0.15) is 0 Å². The molecule has 0 saturated carbocycles. The molecule has 8 nitrogen and oxygen atoms in total. The van der Waals surface area contributed by atoms with Crippen molar-refractivity contribution in [3.63, 3.8) is 0 Å². The van der Waals surface area contributed by atoms with Gasteiger partial charge in [0.1, 0.15) is 12.1 Å². The van der Waals surface area contributed by atoms with Crippen LogP contribution in [0.3, 0.4) is 0 Å². The van der Waals surface area contributed by atoms with Crippen LogP contribution in [0, 0.1) is 0 Å². The molecule has 0 radical (unpaired) electrons. The number of piperazine rings is 1. The summed E-state index contributed by atoms with van der Waals surface area (Å²) in [6, 6.07) is 2.91. The summed E-state index contributed by atoms with van der Waals surface area (Å²) in [6.45, 7) is 3.79. The second-order valence-corrected chi connectivity index (χ2v) is 6.67. The van der Waals surface area contributed by atoms with Gasteiger partial charge in [0.2, 0.25) is 0 Å². The largest absolute Gasteiger partial charge is 0.504 e. The van der Waals surface area contributed by atoms with Gasteiger partial charge < -0.3 is 24.9 Å². The van der Waals surface area contributed by atoms with Crippen LogP contribution >= 0.6 is 8.38 Å². The number of rotatable bonds is 4. The number of benzene rings is 1. The smallest absolute Gasteiger partial charge is 0.166 e. The monoisotopic (exact) mass is 338 g/mol. The predicted molar refractivity (Wildman–Crippen MR) is 87.7 cm³/mol. The first-order valence-electron chi connectivity index (χ1n) is 7.34. The molecule has 0 amide bonds. The topological polar surface area (TPSA) is 113 Å². The number of nitrogens with zero attached hydrogens (tertiary/aromatic N) is 4. The third-order valence-electron chi connectivity index (χ3n) is 4.00. The summed E-state index contributed by atoms with van der Waals surface area (Å²) in [4.78, 5) is 30.8. The summed E-state index contributed by atoms with van der Waals surface area (Å²) >= 11 is 0. The van der Waals surface area contributed by atoms with Gasteiger partial charge in [0.15, 0.2) is 19.9 Å². The Hall–Kier alpha value is -1.73. The van der Waals surface area contributed by atoms with Gasteiger partial charge in [-0.15, -0.1) is 0 Å². The molecule has 9 heteroatoms. The summed E-state index contributed by atoms with van der Waals surface area (Å²) in [5.41, 5.74) is 0.582. The van der Waals surface area contributed by atoms with Gasteiger partial charge in [-0.25, -0.2) is 9.97 Å². The standard InChI is InChI=1S/C14H19N4O4P/c19-12-7-10-11(8-13(12)20)15-9-16-14(10)18-3-1-17(2-4-18)5-6-23(21)22/h7-9,19-22H,1-6H2. The van der Waals surface area contributed by atoms with E-state index in [0.717, 1.165) is 32.0 Å². The summed E-state index contributed by atoms with van der Waals surface area (Å²) in [7, 11) is -1.84. The molecule has 0 bridgehead atoms. The third-order valence-corrected chi connectivity index (χ3v) is 4.60. The Labute approximate surface area is 134 Å². The maximum atomic E-state index is 9.73. The van der Waals surface area contributed by atoms with E-state index in [0.29, 0.717) is 23.6 Å². The lowest BCUT2D eigenvalue weighted by atomic mass is 10.2. The fourth-order valence-corrected chi connectivity index (χ4v) is 3.19. The lowest BCUT2D eigenvalue weighted by Crippen LogP contribution is -2.47. The van der Waals surface area contributed by atoms with E-state index in [9.17, 15) is 10.2 Å². The van der Waals surface area contributed by atoms with Crippen LogP contribution in [-0.4, -0.2) is 73.8 Å². The summed E-state index contributed by atoms with van der Waals surface area (Å²) in [5.74, 6) is 0.347. The molecule has 1 aliphatic heterocycles. The van der Waals surface area contributed by atoms with Crippen LogP contribution in [0.15, 0.2) is 18.5 Å². The molecule has 0 spiro atoms. The number of hydrogen-bond donors (Lipinski definition) is 4. The Morgan fingerprint density at radius 2 is 1.70 bits per heavy atom. The van der Waals surface area contributed by atoms with Crippen LogP contribution in [0.5, 0.6) is 11.5 Å². The molecule has 124 valence electrons. The fourth-order valence-electron chi connectivity index (χ4n) is 2.73. The molecule has 0 unspecified atom stereocenters. The molecule has 0 atom stereocenters. The normalized spacial score (nSPS) is 16.4. The third kappa shape index (κ3) is 3.61. The van der Waals surface area contributed by atoms with Crippen molar-refractivity contribution in [3.05, 3.63) is 18.5 Å². The average molecular weight is 338 g/mol. The Morgan fingerprint density at radius 3 is 2.39 bits per heavy atom. The second kappa shape index (κ2) is 6.80. The van der Waals surface area contributed by atoms with E-state index < -0.39 is 8.38 Å². The number of anilines is 1. The van der Waals surface area contributed by atoms with E-state index in [-0.39, 0.29) is 11.5 Å². The number of hydrogen-bond acceptors (Lipinski definition) is 8. The van der Waals surface area contributed by atoms with Crippen LogP contribution in [0.4, 0.5) is 5.82 Å². The zero-order valence-electron chi connectivity index (χ0n) is 12.5. The van der Waals surface area contributed by atoms with Crippen molar-refractivity contribution in [2.24, 2.45) is 0 Å². The number of phenols is 2. The first kappa shape index (κ1) is 16.1. The van der Waals surface area contributed by atoms with Crippen molar-refractivity contribution in [2.45, 2.75) is 0 Å². The highest BCUT2D eigenvalue weighted by molar-refractivity contribution is 7.45. The second-order valence-electron chi connectivity index (χ2n) is 5.48. The van der Waals surface area contributed by atoms with Gasteiger partial charge in [-0.3, -0.25) is 4.90 Å². The van der Waals surface area contributed by atoms with E-state index in [1.54, 1.807) is 0 Å². The van der Waals surface area contributed by atoms with Crippen molar-refractivity contribution >= 4 is 25.1 Å². The molecule has 1 fully saturated rings. The average Bonchev–Trinajstić information content (AvgIpc) is 2.54. The van der Waals surface area contributed by atoms with Gasteiger partial charge in [0.05, 0.1) is 5.52 Å². The van der Waals surface area contributed by atoms with E-state index in [4.69, 9.17) is 9.79 Å². The highest BCUT2D eigenvalue weighted by Crippen LogP contribution is 2.33. The number of phenolic OH excluding ortho intramolecular Hbond substituents is 2. The maximum absolute atomic E-state index is 9.73. The maximum Gasteiger partial charge on any atom is 0.166 e. The zero-order chi connectivity index (χ0) is 16.4. The van der Waals surface area contributed by atoms with Crippen molar-refractivity contribution in [2.75, 3.05) is 43.8 Å². The van der Waals surface area contributed by atoms with Crippen LogP contribution in [0.1, 0.15) is 0 Å². The van der Waals surface area contributed by atoms with Crippen molar-refractivity contribution in [3.8, 4) is 11.5 Å². The number of aromatic hydroxyl groups is 2. The number of fused-ring (bicyclic) bond motifs is 1. The molecule has 1 aromatic heterocycles. The fraction of sp³-hybridized carbons (Fsp3) is 0.429. The molecule has 2 aromatic rings. The molecular formula is C14H19N4O4P. The van der Waals surface area contributed by atoms with Crippen molar-refractivity contribution < 1.29 is 20.0 Å². The van der Waals surface area contributed by atoms with Gasteiger partial charge in [-0.1, -0.05) is 0 Å². The van der Waals surface area contributed by atoms with Crippen molar-refractivity contribution in [1.82, 2.24) is 14.9 Å². The Balaban J connectivity index is 1.76. The lowest BCUT2D eigenvalue weighted by molar-refractivity contribution is 0.269. The van der Waals surface area contributed by atoms with Crippen LogP contribution in [0.2, 0.25) is 0 Å². The van der Waals surface area contributed by atoms with Crippen LogP contribution < -0.4 is 4.90 Å². The molecule has 4 N–H and O–H groups in total. The highest BCUT2D eigenvalue weighted by Gasteiger charge is 2.21. The molecular weight excluding hydrogens is 319 g/mol. The summed E-state index contributed by atoms with van der Waals surface area (Å²) in [6.07, 6.45) is 1.85. The summed E-state index contributed by atoms with van der Waals surface area (Å²) < 4.78 is 0.